The summed E-state index contributed by atoms with van der Waals surface area (Å²) >= 11 is 0. The van der Waals surface area contributed by atoms with E-state index in [1.807, 2.05) is 19.9 Å². The summed E-state index contributed by atoms with van der Waals surface area (Å²) in [5.41, 5.74) is 9.64. The van der Waals surface area contributed by atoms with E-state index in [1.165, 1.54) is 5.56 Å². The van der Waals surface area contributed by atoms with Crippen molar-refractivity contribution in [3.05, 3.63) is 29.1 Å². The summed E-state index contributed by atoms with van der Waals surface area (Å²) in [6, 6.07) is 4.27. The van der Waals surface area contributed by atoms with Crippen LogP contribution in [0.15, 0.2) is 12.1 Å². The Morgan fingerprint density at radius 3 is 2.62 bits per heavy atom. The van der Waals surface area contributed by atoms with Crippen molar-refractivity contribution in [1.82, 2.24) is 4.98 Å². The molecule has 2 heterocycles. The van der Waals surface area contributed by atoms with Gasteiger partial charge >= 0.3 is 0 Å². The lowest BCUT2D eigenvalue weighted by Gasteiger charge is -2.28. The van der Waals surface area contributed by atoms with Crippen molar-refractivity contribution in [2.75, 3.05) is 13.2 Å². The molecule has 0 bridgehead atoms. The molecule has 1 aromatic heterocycles. The van der Waals surface area contributed by atoms with Gasteiger partial charge in [0.15, 0.2) is 0 Å². The number of hydrogen-bond acceptors (Lipinski definition) is 3. The normalized spacial score (nSPS) is 19.7. The van der Waals surface area contributed by atoms with Crippen molar-refractivity contribution in [2.45, 2.75) is 32.7 Å². The van der Waals surface area contributed by atoms with Crippen LogP contribution in [0.25, 0.3) is 0 Å². The summed E-state index contributed by atoms with van der Waals surface area (Å²) in [7, 11) is 0. The number of rotatable bonds is 2. The lowest BCUT2D eigenvalue weighted by atomic mass is 9.87. The summed E-state index contributed by atoms with van der Waals surface area (Å²) in [5.74, 6) is 0.539. The molecule has 1 aliphatic rings. The minimum absolute atomic E-state index is 0.108. The maximum absolute atomic E-state index is 6.33. The van der Waals surface area contributed by atoms with Crippen LogP contribution in [0.4, 0.5) is 0 Å². The standard InChI is InChI=1S/C13H20N2O/c1-9-3-4-12(10(2)15-9)13(14)11-5-7-16-8-6-11/h3-4,11,13H,5-8,14H2,1-2H3. The van der Waals surface area contributed by atoms with Crippen LogP contribution in [0.2, 0.25) is 0 Å². The number of ether oxygens (including phenoxy) is 1. The Labute approximate surface area is 97.0 Å². The van der Waals surface area contributed by atoms with Gasteiger partial charge in [-0.3, -0.25) is 4.98 Å². The molecule has 88 valence electrons. The molecule has 0 aromatic carbocycles. The average Bonchev–Trinajstić information content (AvgIpc) is 2.29. The third kappa shape index (κ3) is 2.42. The van der Waals surface area contributed by atoms with Crippen LogP contribution in [0.3, 0.4) is 0 Å². The zero-order chi connectivity index (χ0) is 11.5. The third-order valence-electron chi connectivity index (χ3n) is 3.40. The molecule has 0 amide bonds. The number of nitrogens with zero attached hydrogens (tertiary/aromatic N) is 1. The largest absolute Gasteiger partial charge is 0.381 e. The van der Waals surface area contributed by atoms with Gasteiger partial charge in [-0.05, 0) is 44.2 Å². The molecule has 1 aliphatic heterocycles. The van der Waals surface area contributed by atoms with Crippen molar-refractivity contribution < 1.29 is 4.74 Å². The lowest BCUT2D eigenvalue weighted by Crippen LogP contribution is -2.28. The van der Waals surface area contributed by atoms with Gasteiger partial charge in [0.25, 0.3) is 0 Å². The topological polar surface area (TPSA) is 48.1 Å². The smallest absolute Gasteiger partial charge is 0.0469 e. The Balaban J connectivity index is 2.15. The second kappa shape index (κ2) is 4.93. The molecule has 0 aliphatic carbocycles. The zero-order valence-electron chi connectivity index (χ0n) is 10.1. The van der Waals surface area contributed by atoms with Crippen LogP contribution in [-0.2, 0) is 4.74 Å². The van der Waals surface area contributed by atoms with E-state index >= 15 is 0 Å². The van der Waals surface area contributed by atoms with Gasteiger partial charge in [0.05, 0.1) is 0 Å². The Hall–Kier alpha value is -0.930. The fourth-order valence-electron chi connectivity index (χ4n) is 2.38. The molecule has 1 fully saturated rings. The van der Waals surface area contributed by atoms with Gasteiger partial charge in [0.1, 0.15) is 0 Å². The van der Waals surface area contributed by atoms with E-state index in [2.05, 4.69) is 11.1 Å². The van der Waals surface area contributed by atoms with E-state index in [0.717, 1.165) is 37.4 Å². The third-order valence-corrected chi connectivity index (χ3v) is 3.40. The van der Waals surface area contributed by atoms with Gasteiger partial charge in [-0.2, -0.15) is 0 Å². The van der Waals surface area contributed by atoms with Crippen molar-refractivity contribution >= 4 is 0 Å². The van der Waals surface area contributed by atoms with Gasteiger partial charge < -0.3 is 10.5 Å². The van der Waals surface area contributed by atoms with Crippen molar-refractivity contribution in [3.63, 3.8) is 0 Å². The predicted octanol–water partition coefficient (Wildman–Crippen LogP) is 2.12. The van der Waals surface area contributed by atoms with E-state index < -0.39 is 0 Å². The Morgan fingerprint density at radius 2 is 2.00 bits per heavy atom. The van der Waals surface area contributed by atoms with Crippen LogP contribution in [0.1, 0.15) is 35.8 Å². The highest BCUT2D eigenvalue weighted by Crippen LogP contribution is 2.29. The molecule has 3 nitrogen and oxygen atoms in total. The molecule has 2 rings (SSSR count). The SMILES string of the molecule is Cc1ccc(C(N)C2CCOCC2)c(C)n1. The Bertz CT molecular complexity index is 359. The summed E-state index contributed by atoms with van der Waals surface area (Å²) in [4.78, 5) is 4.48. The number of hydrogen-bond donors (Lipinski definition) is 1. The van der Waals surface area contributed by atoms with E-state index in [1.54, 1.807) is 0 Å². The molecule has 3 heteroatoms. The minimum atomic E-state index is 0.108. The fourth-order valence-corrected chi connectivity index (χ4v) is 2.38. The molecule has 2 N–H and O–H groups in total. The fraction of sp³-hybridized carbons (Fsp3) is 0.615. The molecular formula is C13H20N2O. The quantitative estimate of drug-likeness (QED) is 0.830. The van der Waals surface area contributed by atoms with Gasteiger partial charge in [0.2, 0.25) is 0 Å². The summed E-state index contributed by atoms with van der Waals surface area (Å²) in [6.45, 7) is 5.74. The van der Waals surface area contributed by atoms with E-state index in [4.69, 9.17) is 10.5 Å². The van der Waals surface area contributed by atoms with Crippen LogP contribution < -0.4 is 5.73 Å². The molecule has 0 saturated carbocycles. The molecule has 16 heavy (non-hydrogen) atoms. The Morgan fingerprint density at radius 1 is 1.31 bits per heavy atom. The molecule has 1 aromatic rings. The van der Waals surface area contributed by atoms with Gasteiger partial charge in [-0.1, -0.05) is 6.07 Å². The minimum Gasteiger partial charge on any atom is -0.381 e. The molecule has 0 spiro atoms. The Kier molecular flexibility index (Phi) is 3.56. The zero-order valence-corrected chi connectivity index (χ0v) is 10.1. The number of pyridine rings is 1. The first-order valence-electron chi connectivity index (χ1n) is 5.96. The van der Waals surface area contributed by atoms with Gasteiger partial charge in [0, 0.05) is 30.6 Å². The van der Waals surface area contributed by atoms with Gasteiger partial charge in [-0.25, -0.2) is 0 Å². The maximum Gasteiger partial charge on any atom is 0.0469 e. The average molecular weight is 220 g/mol. The predicted molar refractivity (Wildman–Crippen MR) is 64.2 cm³/mol. The molecular weight excluding hydrogens is 200 g/mol. The van der Waals surface area contributed by atoms with Crippen molar-refractivity contribution in [2.24, 2.45) is 11.7 Å². The highest BCUT2D eigenvalue weighted by molar-refractivity contribution is 5.25. The van der Waals surface area contributed by atoms with E-state index in [-0.39, 0.29) is 6.04 Å². The van der Waals surface area contributed by atoms with Crippen LogP contribution in [-0.4, -0.2) is 18.2 Å². The second-order valence-electron chi connectivity index (χ2n) is 4.60. The molecule has 1 atom stereocenters. The highest BCUT2D eigenvalue weighted by atomic mass is 16.5. The van der Waals surface area contributed by atoms with Crippen LogP contribution in [0.5, 0.6) is 0 Å². The van der Waals surface area contributed by atoms with Crippen molar-refractivity contribution in [3.8, 4) is 0 Å². The van der Waals surface area contributed by atoms with Gasteiger partial charge in [-0.15, -0.1) is 0 Å². The first kappa shape index (κ1) is 11.6. The number of nitrogens with two attached hydrogens (primary N) is 1. The summed E-state index contributed by atoms with van der Waals surface area (Å²) in [5, 5.41) is 0. The molecule has 0 radical (unpaired) electrons. The second-order valence-corrected chi connectivity index (χ2v) is 4.60. The summed E-state index contributed by atoms with van der Waals surface area (Å²) < 4.78 is 5.36. The summed E-state index contributed by atoms with van der Waals surface area (Å²) in [6.07, 6.45) is 2.13. The first-order valence-corrected chi connectivity index (χ1v) is 5.96. The first-order chi connectivity index (χ1) is 7.68. The monoisotopic (exact) mass is 220 g/mol. The van der Waals surface area contributed by atoms with Crippen LogP contribution in [0, 0.1) is 19.8 Å². The molecule has 1 saturated heterocycles. The van der Waals surface area contributed by atoms with E-state index in [9.17, 15) is 0 Å². The highest BCUT2D eigenvalue weighted by Gasteiger charge is 2.23. The van der Waals surface area contributed by atoms with Crippen LogP contribution >= 0.6 is 0 Å². The van der Waals surface area contributed by atoms with Crippen molar-refractivity contribution in [1.29, 1.82) is 0 Å². The lowest BCUT2D eigenvalue weighted by molar-refractivity contribution is 0.0582. The maximum atomic E-state index is 6.33. The number of aryl methyl sites for hydroxylation is 2. The van der Waals surface area contributed by atoms with E-state index in [0.29, 0.717) is 5.92 Å². The molecule has 1 unspecified atom stereocenters. The number of aromatic nitrogens is 1.